The molecule has 0 aliphatic carbocycles. The summed E-state index contributed by atoms with van der Waals surface area (Å²) in [7, 11) is 0. The maximum Gasteiger partial charge on any atom is 0.295 e. The molecule has 70 valence electrons. The molecule has 5 heteroatoms. The Balaban J connectivity index is 2.04. The van der Waals surface area contributed by atoms with Gasteiger partial charge in [-0.2, -0.15) is 5.10 Å². The molecule has 13 heavy (non-hydrogen) atoms. The number of nitrogens with zero attached hydrogens (tertiary/aromatic N) is 2. The van der Waals surface area contributed by atoms with Crippen LogP contribution in [-0.2, 0) is 4.84 Å². The molecule has 2 rings (SSSR count). The number of hydroxylamine groups is 2. The van der Waals surface area contributed by atoms with Crippen LogP contribution < -0.4 is 0 Å². The number of carbonyl (C=O) groups is 1. The second kappa shape index (κ2) is 3.57. The fourth-order valence-corrected chi connectivity index (χ4v) is 1.27. The smallest absolute Gasteiger partial charge is 0.273 e. The van der Waals surface area contributed by atoms with Gasteiger partial charge in [0.05, 0.1) is 6.61 Å². The highest BCUT2D eigenvalue weighted by atomic mass is 16.7. The number of aromatic nitrogens is 2. The number of carbonyl (C=O) groups excluding carboxylic acids is 1. The Kier molecular flexibility index (Phi) is 2.27. The number of aromatic amines is 1. The Morgan fingerprint density at radius 3 is 3.15 bits per heavy atom. The van der Waals surface area contributed by atoms with Crippen LogP contribution in [0.4, 0.5) is 0 Å². The summed E-state index contributed by atoms with van der Waals surface area (Å²) >= 11 is 0. The van der Waals surface area contributed by atoms with E-state index in [0.717, 1.165) is 12.8 Å². The van der Waals surface area contributed by atoms with Crippen LogP contribution in [0.5, 0.6) is 0 Å². The van der Waals surface area contributed by atoms with Crippen molar-refractivity contribution in [1.29, 1.82) is 0 Å². The van der Waals surface area contributed by atoms with Gasteiger partial charge in [-0.15, -0.1) is 0 Å². The third kappa shape index (κ3) is 1.70. The molecule has 0 radical (unpaired) electrons. The van der Waals surface area contributed by atoms with Crippen molar-refractivity contribution >= 4 is 5.91 Å². The van der Waals surface area contributed by atoms with E-state index < -0.39 is 0 Å². The Morgan fingerprint density at radius 1 is 1.62 bits per heavy atom. The summed E-state index contributed by atoms with van der Waals surface area (Å²) in [5, 5.41) is 7.71. The van der Waals surface area contributed by atoms with E-state index in [-0.39, 0.29) is 5.91 Å². The van der Waals surface area contributed by atoms with E-state index >= 15 is 0 Å². The van der Waals surface area contributed by atoms with Crippen LogP contribution in [0.15, 0.2) is 12.3 Å². The zero-order valence-corrected chi connectivity index (χ0v) is 7.19. The highest BCUT2D eigenvalue weighted by Crippen LogP contribution is 2.09. The van der Waals surface area contributed by atoms with E-state index in [1.807, 2.05) is 0 Å². The van der Waals surface area contributed by atoms with Crippen LogP contribution >= 0.6 is 0 Å². The Hall–Kier alpha value is -1.36. The molecule has 0 saturated carbocycles. The fourth-order valence-electron chi connectivity index (χ4n) is 1.27. The van der Waals surface area contributed by atoms with Crippen molar-refractivity contribution in [3.05, 3.63) is 18.0 Å². The number of H-pyrrole nitrogens is 1. The Labute approximate surface area is 75.6 Å². The van der Waals surface area contributed by atoms with Gasteiger partial charge in [0.2, 0.25) is 0 Å². The van der Waals surface area contributed by atoms with Crippen molar-refractivity contribution in [3.8, 4) is 0 Å². The number of hydrogen-bond donors (Lipinski definition) is 1. The van der Waals surface area contributed by atoms with Crippen LogP contribution in [0.25, 0.3) is 0 Å². The number of nitrogens with one attached hydrogen (secondary N) is 1. The predicted octanol–water partition coefficient (Wildman–Crippen LogP) is 0.577. The van der Waals surface area contributed by atoms with Crippen molar-refractivity contribution in [2.75, 3.05) is 13.2 Å². The molecule has 1 saturated heterocycles. The van der Waals surface area contributed by atoms with Gasteiger partial charge < -0.3 is 0 Å². The summed E-state index contributed by atoms with van der Waals surface area (Å²) in [5.41, 5.74) is 0.474. The molecule has 1 aromatic heterocycles. The summed E-state index contributed by atoms with van der Waals surface area (Å²) in [6, 6.07) is 1.64. The molecule has 1 N–H and O–H groups in total. The third-order valence-electron chi connectivity index (χ3n) is 1.96. The summed E-state index contributed by atoms with van der Waals surface area (Å²) in [6.07, 6.45) is 3.57. The lowest BCUT2D eigenvalue weighted by Gasteiger charge is -2.25. The molecular formula is C8H11N3O2. The second-order valence-corrected chi connectivity index (χ2v) is 2.92. The Morgan fingerprint density at radius 2 is 2.54 bits per heavy atom. The molecule has 1 aromatic rings. The van der Waals surface area contributed by atoms with Crippen LogP contribution in [0.2, 0.25) is 0 Å². The average molecular weight is 181 g/mol. The second-order valence-electron chi connectivity index (χ2n) is 2.92. The van der Waals surface area contributed by atoms with Gasteiger partial charge in [0.1, 0.15) is 5.69 Å². The van der Waals surface area contributed by atoms with Gasteiger partial charge in [-0.1, -0.05) is 0 Å². The lowest BCUT2D eigenvalue weighted by molar-refractivity contribution is -0.144. The number of rotatable bonds is 1. The summed E-state index contributed by atoms with van der Waals surface area (Å²) in [5.74, 6) is -0.141. The molecule has 1 aliphatic rings. The molecule has 1 amide bonds. The molecule has 1 aliphatic heterocycles. The molecule has 1 fully saturated rings. The SMILES string of the molecule is O=C(c1ccn[nH]1)N1CCCCO1. The maximum atomic E-state index is 11.6. The van der Waals surface area contributed by atoms with Crippen LogP contribution in [0, 0.1) is 0 Å². The van der Waals surface area contributed by atoms with E-state index in [4.69, 9.17) is 4.84 Å². The molecule has 0 spiro atoms. The van der Waals surface area contributed by atoms with Crippen molar-refractivity contribution < 1.29 is 9.63 Å². The lowest BCUT2D eigenvalue weighted by atomic mass is 10.3. The maximum absolute atomic E-state index is 11.6. The quantitative estimate of drug-likeness (QED) is 0.689. The monoisotopic (exact) mass is 181 g/mol. The van der Waals surface area contributed by atoms with Gasteiger partial charge in [0.25, 0.3) is 5.91 Å². The first-order valence-corrected chi connectivity index (χ1v) is 4.32. The van der Waals surface area contributed by atoms with Crippen molar-refractivity contribution in [3.63, 3.8) is 0 Å². The topological polar surface area (TPSA) is 58.2 Å². The van der Waals surface area contributed by atoms with Crippen molar-refractivity contribution in [1.82, 2.24) is 15.3 Å². The number of amides is 1. The first kappa shape index (κ1) is 8.25. The van der Waals surface area contributed by atoms with Gasteiger partial charge in [-0.05, 0) is 18.9 Å². The minimum atomic E-state index is -0.141. The zero-order chi connectivity index (χ0) is 9.10. The molecular weight excluding hydrogens is 170 g/mol. The molecule has 0 atom stereocenters. The van der Waals surface area contributed by atoms with E-state index in [1.54, 1.807) is 12.3 Å². The molecule has 0 bridgehead atoms. The summed E-state index contributed by atoms with van der Waals surface area (Å²) < 4.78 is 0. The third-order valence-corrected chi connectivity index (χ3v) is 1.96. The first-order valence-electron chi connectivity index (χ1n) is 4.32. The van der Waals surface area contributed by atoms with Gasteiger partial charge in [0.15, 0.2) is 0 Å². The lowest BCUT2D eigenvalue weighted by Crippen LogP contribution is -2.35. The van der Waals surface area contributed by atoms with Crippen LogP contribution in [0.1, 0.15) is 23.3 Å². The molecule has 5 nitrogen and oxygen atoms in total. The fraction of sp³-hybridized carbons (Fsp3) is 0.500. The average Bonchev–Trinajstić information content (AvgIpc) is 2.71. The normalized spacial score (nSPS) is 17.4. The molecule has 0 aromatic carbocycles. The predicted molar refractivity (Wildman–Crippen MR) is 44.8 cm³/mol. The van der Waals surface area contributed by atoms with E-state index in [1.165, 1.54) is 5.06 Å². The van der Waals surface area contributed by atoms with Gasteiger partial charge in [0, 0.05) is 12.7 Å². The highest BCUT2D eigenvalue weighted by Gasteiger charge is 2.19. The molecule has 0 unspecified atom stereocenters. The van der Waals surface area contributed by atoms with Gasteiger partial charge in [-0.3, -0.25) is 14.7 Å². The van der Waals surface area contributed by atoms with E-state index in [9.17, 15) is 4.79 Å². The minimum absolute atomic E-state index is 0.141. The summed E-state index contributed by atoms with van der Waals surface area (Å²) in [6.45, 7) is 1.29. The van der Waals surface area contributed by atoms with Crippen molar-refractivity contribution in [2.24, 2.45) is 0 Å². The van der Waals surface area contributed by atoms with E-state index in [2.05, 4.69) is 10.2 Å². The Bertz CT molecular complexity index is 278. The van der Waals surface area contributed by atoms with Crippen LogP contribution in [0.3, 0.4) is 0 Å². The molecule has 2 heterocycles. The standard InChI is InChI=1S/C8H11N3O2/c12-8(7-3-4-9-10-7)11-5-1-2-6-13-11/h3-4H,1-2,5-6H2,(H,9,10). The van der Waals surface area contributed by atoms with Crippen LogP contribution in [-0.4, -0.2) is 34.3 Å². The van der Waals surface area contributed by atoms with Gasteiger partial charge in [-0.25, -0.2) is 5.06 Å². The minimum Gasteiger partial charge on any atom is -0.273 e. The number of hydrogen-bond acceptors (Lipinski definition) is 3. The first-order chi connectivity index (χ1) is 6.38. The largest absolute Gasteiger partial charge is 0.295 e. The summed E-state index contributed by atoms with van der Waals surface area (Å²) in [4.78, 5) is 16.8. The highest BCUT2D eigenvalue weighted by molar-refractivity contribution is 5.91. The van der Waals surface area contributed by atoms with Gasteiger partial charge >= 0.3 is 0 Å². The zero-order valence-electron chi connectivity index (χ0n) is 7.19. The van der Waals surface area contributed by atoms with E-state index in [0.29, 0.717) is 18.8 Å². The van der Waals surface area contributed by atoms with Crippen molar-refractivity contribution in [2.45, 2.75) is 12.8 Å².